The van der Waals surface area contributed by atoms with Crippen molar-refractivity contribution < 1.29 is 19.1 Å². The molecular weight excluding hydrogens is 400 g/mol. The fourth-order valence-electron chi connectivity index (χ4n) is 2.96. The highest BCUT2D eigenvalue weighted by Crippen LogP contribution is 2.29. The fraction of sp³-hybridized carbons (Fsp3) is 0.238. The van der Waals surface area contributed by atoms with Gasteiger partial charge in [-0.3, -0.25) is 9.59 Å². The number of ether oxygens (including phenoxy) is 2. The van der Waals surface area contributed by atoms with Crippen LogP contribution in [0, 0.1) is 13.8 Å². The Hall–Kier alpha value is -4.08. The van der Waals surface area contributed by atoms with Gasteiger partial charge < -0.3 is 25.8 Å². The first-order valence-corrected chi connectivity index (χ1v) is 9.41. The number of nitrogen functional groups attached to an aromatic ring is 1. The van der Waals surface area contributed by atoms with Gasteiger partial charge in [-0.25, -0.2) is 4.68 Å². The number of rotatable bonds is 7. The summed E-state index contributed by atoms with van der Waals surface area (Å²) in [5, 5.41) is 13.1. The molecule has 31 heavy (non-hydrogen) atoms. The monoisotopic (exact) mass is 424 g/mol. The van der Waals surface area contributed by atoms with E-state index in [0.29, 0.717) is 22.9 Å². The zero-order valence-corrected chi connectivity index (χ0v) is 17.7. The molecule has 3 rings (SSSR count). The van der Waals surface area contributed by atoms with Crippen LogP contribution in [-0.4, -0.2) is 41.0 Å². The normalized spacial score (nSPS) is 10.5. The van der Waals surface area contributed by atoms with Crippen molar-refractivity contribution in [1.29, 1.82) is 0 Å². The molecule has 10 nitrogen and oxygen atoms in total. The highest BCUT2D eigenvalue weighted by atomic mass is 16.5. The van der Waals surface area contributed by atoms with Crippen LogP contribution < -0.4 is 25.8 Å². The molecule has 0 saturated carbocycles. The molecular formula is C21H24N6O4. The number of hydrogen-bond acceptors (Lipinski definition) is 7. The second-order valence-corrected chi connectivity index (χ2v) is 6.87. The SMILES string of the molecule is COc1ccc(NC(=O)c2nnn(CC(=O)Nc3ccc(C)cc3C)c2N)c(OC)c1. The summed E-state index contributed by atoms with van der Waals surface area (Å²) in [5.74, 6) is 0.0386. The van der Waals surface area contributed by atoms with E-state index in [4.69, 9.17) is 15.2 Å². The highest BCUT2D eigenvalue weighted by Gasteiger charge is 2.20. The Morgan fingerprint density at radius 2 is 1.77 bits per heavy atom. The molecule has 162 valence electrons. The van der Waals surface area contributed by atoms with E-state index in [-0.39, 0.29) is 24.0 Å². The lowest BCUT2D eigenvalue weighted by Crippen LogP contribution is -2.22. The number of amides is 2. The van der Waals surface area contributed by atoms with Gasteiger partial charge in [0.05, 0.1) is 19.9 Å². The Kier molecular flexibility index (Phi) is 6.39. The van der Waals surface area contributed by atoms with Crippen molar-refractivity contribution >= 4 is 29.0 Å². The summed E-state index contributed by atoms with van der Waals surface area (Å²) in [6.45, 7) is 3.69. The number of hydrogen-bond donors (Lipinski definition) is 3. The number of nitrogens with zero attached hydrogens (tertiary/aromatic N) is 3. The summed E-state index contributed by atoms with van der Waals surface area (Å²) in [7, 11) is 3.01. The van der Waals surface area contributed by atoms with Crippen LogP contribution in [0.5, 0.6) is 11.5 Å². The average Bonchev–Trinajstić information content (AvgIpc) is 3.10. The van der Waals surface area contributed by atoms with Gasteiger partial charge in [-0.2, -0.15) is 0 Å². The zero-order valence-electron chi connectivity index (χ0n) is 17.7. The molecule has 0 atom stereocenters. The Morgan fingerprint density at radius 3 is 2.45 bits per heavy atom. The molecule has 3 aromatic rings. The zero-order chi connectivity index (χ0) is 22.5. The number of methoxy groups -OCH3 is 2. The molecule has 0 aliphatic carbocycles. The Morgan fingerprint density at radius 1 is 1.03 bits per heavy atom. The largest absolute Gasteiger partial charge is 0.497 e. The van der Waals surface area contributed by atoms with Crippen LogP contribution >= 0.6 is 0 Å². The molecule has 0 saturated heterocycles. The maximum atomic E-state index is 12.6. The predicted molar refractivity (Wildman–Crippen MR) is 116 cm³/mol. The van der Waals surface area contributed by atoms with Crippen LogP contribution in [0.2, 0.25) is 0 Å². The van der Waals surface area contributed by atoms with Crippen LogP contribution in [0.3, 0.4) is 0 Å². The van der Waals surface area contributed by atoms with Crippen LogP contribution in [0.4, 0.5) is 17.2 Å². The van der Waals surface area contributed by atoms with Gasteiger partial charge in [-0.05, 0) is 37.6 Å². The van der Waals surface area contributed by atoms with Crippen molar-refractivity contribution in [3.63, 3.8) is 0 Å². The second-order valence-electron chi connectivity index (χ2n) is 6.87. The number of carbonyl (C=O) groups excluding carboxylic acids is 2. The summed E-state index contributed by atoms with van der Waals surface area (Å²) >= 11 is 0. The minimum Gasteiger partial charge on any atom is -0.497 e. The number of nitrogens with two attached hydrogens (primary N) is 1. The van der Waals surface area contributed by atoms with Crippen molar-refractivity contribution in [3.8, 4) is 11.5 Å². The van der Waals surface area contributed by atoms with Gasteiger partial charge in [0, 0.05) is 11.8 Å². The molecule has 0 aliphatic heterocycles. The van der Waals surface area contributed by atoms with Gasteiger partial charge in [0.15, 0.2) is 11.5 Å². The lowest BCUT2D eigenvalue weighted by Gasteiger charge is -2.11. The summed E-state index contributed by atoms with van der Waals surface area (Å²) in [4.78, 5) is 25.0. The van der Waals surface area contributed by atoms with E-state index in [9.17, 15) is 9.59 Å². The van der Waals surface area contributed by atoms with Gasteiger partial charge in [0.2, 0.25) is 5.91 Å². The molecule has 0 fully saturated rings. The minimum absolute atomic E-state index is 0.0271. The Labute approximate surface area is 179 Å². The smallest absolute Gasteiger partial charge is 0.280 e. The number of anilines is 3. The first-order valence-electron chi connectivity index (χ1n) is 9.41. The number of nitrogens with one attached hydrogen (secondary N) is 2. The second kappa shape index (κ2) is 9.16. The average molecular weight is 424 g/mol. The maximum Gasteiger partial charge on any atom is 0.280 e. The van der Waals surface area contributed by atoms with Crippen molar-refractivity contribution in [1.82, 2.24) is 15.0 Å². The highest BCUT2D eigenvalue weighted by molar-refractivity contribution is 6.06. The Balaban J connectivity index is 1.70. The summed E-state index contributed by atoms with van der Waals surface area (Å²) in [6.07, 6.45) is 0. The van der Waals surface area contributed by atoms with Crippen molar-refractivity contribution in [3.05, 3.63) is 53.2 Å². The quantitative estimate of drug-likeness (QED) is 0.530. The van der Waals surface area contributed by atoms with E-state index in [1.807, 2.05) is 32.0 Å². The molecule has 2 aromatic carbocycles. The van der Waals surface area contributed by atoms with Gasteiger partial charge in [0.1, 0.15) is 18.0 Å². The molecule has 0 aliphatic rings. The van der Waals surface area contributed by atoms with Gasteiger partial charge >= 0.3 is 0 Å². The first-order chi connectivity index (χ1) is 14.8. The third-order valence-corrected chi connectivity index (χ3v) is 4.59. The van der Waals surface area contributed by atoms with E-state index >= 15 is 0 Å². The summed E-state index contributed by atoms with van der Waals surface area (Å²) < 4.78 is 11.6. The standard InChI is InChI=1S/C21H24N6O4/c1-12-5-7-15(13(2)9-12)23-18(28)11-27-20(22)19(25-26-27)21(29)24-16-8-6-14(30-3)10-17(16)31-4/h5-10H,11,22H2,1-4H3,(H,23,28)(H,24,29). The molecule has 0 bridgehead atoms. The van der Waals surface area contributed by atoms with Gasteiger partial charge in [0.25, 0.3) is 5.91 Å². The van der Waals surface area contributed by atoms with Crippen LogP contribution in [0.25, 0.3) is 0 Å². The number of benzene rings is 2. The molecule has 0 radical (unpaired) electrons. The van der Waals surface area contributed by atoms with Gasteiger partial charge in [-0.15, -0.1) is 5.10 Å². The topological polar surface area (TPSA) is 133 Å². The number of aromatic nitrogens is 3. The van der Waals surface area contributed by atoms with E-state index < -0.39 is 5.91 Å². The fourth-order valence-corrected chi connectivity index (χ4v) is 2.96. The van der Waals surface area contributed by atoms with E-state index in [1.165, 1.54) is 18.9 Å². The maximum absolute atomic E-state index is 12.6. The molecule has 10 heteroatoms. The molecule has 1 heterocycles. The lowest BCUT2D eigenvalue weighted by atomic mass is 10.1. The van der Waals surface area contributed by atoms with Crippen LogP contribution in [-0.2, 0) is 11.3 Å². The molecule has 0 unspecified atom stereocenters. The van der Waals surface area contributed by atoms with E-state index in [1.54, 1.807) is 18.2 Å². The van der Waals surface area contributed by atoms with E-state index in [2.05, 4.69) is 20.9 Å². The Bertz CT molecular complexity index is 1130. The summed E-state index contributed by atoms with van der Waals surface area (Å²) in [6, 6.07) is 10.6. The van der Waals surface area contributed by atoms with Crippen molar-refractivity contribution in [2.75, 3.05) is 30.6 Å². The third-order valence-electron chi connectivity index (χ3n) is 4.59. The molecule has 1 aromatic heterocycles. The van der Waals surface area contributed by atoms with Crippen molar-refractivity contribution in [2.24, 2.45) is 0 Å². The lowest BCUT2D eigenvalue weighted by molar-refractivity contribution is -0.116. The molecule has 4 N–H and O–H groups in total. The van der Waals surface area contributed by atoms with Crippen molar-refractivity contribution in [2.45, 2.75) is 20.4 Å². The predicted octanol–water partition coefficient (Wildman–Crippen LogP) is 2.39. The molecule has 0 spiro atoms. The summed E-state index contributed by atoms with van der Waals surface area (Å²) in [5.41, 5.74) is 9.05. The van der Waals surface area contributed by atoms with Gasteiger partial charge in [-0.1, -0.05) is 22.9 Å². The van der Waals surface area contributed by atoms with E-state index in [0.717, 1.165) is 11.1 Å². The third kappa shape index (κ3) is 4.92. The minimum atomic E-state index is -0.581. The number of aryl methyl sites for hydroxylation is 2. The first kappa shape index (κ1) is 21.6. The number of carbonyl (C=O) groups is 2. The van der Waals surface area contributed by atoms with Crippen LogP contribution in [0.15, 0.2) is 36.4 Å². The molecule has 2 amide bonds. The van der Waals surface area contributed by atoms with Crippen LogP contribution in [0.1, 0.15) is 21.6 Å².